The highest BCUT2D eigenvalue weighted by Gasteiger charge is 2.21. The SMILES string of the molecule is Fc1ccc(C2=CC=NCc3[nH]c(-c4n[nH]c5cnc(-c6cnccn6)cc45)nc32)s1. The summed E-state index contributed by atoms with van der Waals surface area (Å²) in [5.74, 6) is 0.604. The number of hydrogen-bond acceptors (Lipinski definition) is 7. The number of pyridine rings is 1. The van der Waals surface area contributed by atoms with Gasteiger partial charge in [-0.05, 0) is 24.3 Å². The summed E-state index contributed by atoms with van der Waals surface area (Å²) >= 11 is 1.08. The first-order valence-corrected chi connectivity index (χ1v) is 10.2. The van der Waals surface area contributed by atoms with Crippen LogP contribution in [0.5, 0.6) is 0 Å². The highest BCUT2D eigenvalue weighted by Crippen LogP contribution is 2.34. The second kappa shape index (κ2) is 7.03. The molecule has 0 atom stereocenters. The van der Waals surface area contributed by atoms with E-state index in [1.807, 2.05) is 12.1 Å². The van der Waals surface area contributed by atoms with Gasteiger partial charge in [-0.2, -0.15) is 9.49 Å². The zero-order valence-electron chi connectivity index (χ0n) is 15.9. The Bertz CT molecular complexity index is 1480. The standard InChI is InChI=1S/C21H13FN8S/c22-18-2-1-17(31-18)11-3-4-23-9-16-19(11)28-21(27-16)20-12-7-13(15-8-24-5-6-25-15)26-10-14(12)29-30-20/h1-8,10H,9H2,(H,27,28)(H,29,30). The maximum atomic E-state index is 13.6. The molecule has 0 unspecified atom stereocenters. The molecule has 0 saturated carbocycles. The topological polar surface area (TPSA) is 108 Å². The second-order valence-corrected chi connectivity index (χ2v) is 7.90. The van der Waals surface area contributed by atoms with Gasteiger partial charge >= 0.3 is 0 Å². The number of hydrogen-bond donors (Lipinski definition) is 2. The zero-order valence-corrected chi connectivity index (χ0v) is 16.7. The summed E-state index contributed by atoms with van der Waals surface area (Å²) < 4.78 is 13.6. The molecule has 8 nitrogen and oxygen atoms in total. The molecule has 10 heteroatoms. The maximum absolute atomic E-state index is 13.6. The van der Waals surface area contributed by atoms with E-state index in [4.69, 9.17) is 4.98 Å². The maximum Gasteiger partial charge on any atom is 0.176 e. The smallest absolute Gasteiger partial charge is 0.176 e. The van der Waals surface area contributed by atoms with E-state index in [0.29, 0.717) is 29.5 Å². The first kappa shape index (κ1) is 17.8. The Balaban J connectivity index is 1.48. The number of aromatic amines is 2. The monoisotopic (exact) mass is 428 g/mol. The Morgan fingerprint density at radius 1 is 1.03 bits per heavy atom. The number of allylic oxidation sites excluding steroid dienone is 1. The lowest BCUT2D eigenvalue weighted by Gasteiger charge is -2.01. The molecule has 0 fully saturated rings. The van der Waals surface area contributed by atoms with Gasteiger partial charge in [-0.25, -0.2) is 4.98 Å². The molecule has 0 amide bonds. The summed E-state index contributed by atoms with van der Waals surface area (Å²) in [5.41, 5.74) is 5.23. The largest absolute Gasteiger partial charge is 0.338 e. The van der Waals surface area contributed by atoms with Crippen molar-refractivity contribution in [1.29, 1.82) is 0 Å². The first-order valence-electron chi connectivity index (χ1n) is 9.42. The lowest BCUT2D eigenvalue weighted by Crippen LogP contribution is -1.90. The van der Waals surface area contributed by atoms with Gasteiger partial charge in [0.05, 0.1) is 41.5 Å². The molecule has 150 valence electrons. The Morgan fingerprint density at radius 2 is 2.00 bits per heavy atom. The Labute approximate surface area is 178 Å². The number of nitrogens with zero attached hydrogens (tertiary/aromatic N) is 6. The van der Waals surface area contributed by atoms with Crippen LogP contribution in [0.25, 0.3) is 39.4 Å². The molecule has 6 rings (SSSR count). The van der Waals surface area contributed by atoms with Crippen molar-refractivity contribution in [3.8, 4) is 22.9 Å². The van der Waals surface area contributed by atoms with E-state index in [1.54, 1.807) is 37.1 Å². The molecule has 1 aliphatic rings. The van der Waals surface area contributed by atoms with Crippen LogP contribution in [0.3, 0.4) is 0 Å². The van der Waals surface area contributed by atoms with Crippen molar-refractivity contribution in [2.45, 2.75) is 6.54 Å². The Kier molecular flexibility index (Phi) is 4.03. The van der Waals surface area contributed by atoms with E-state index in [1.165, 1.54) is 6.07 Å². The van der Waals surface area contributed by atoms with E-state index < -0.39 is 0 Å². The third-order valence-electron chi connectivity index (χ3n) is 4.97. The number of aliphatic imine (C=N–C) groups is 1. The number of aromatic nitrogens is 7. The van der Waals surface area contributed by atoms with Gasteiger partial charge in [-0.3, -0.25) is 25.0 Å². The third kappa shape index (κ3) is 3.04. The van der Waals surface area contributed by atoms with Crippen molar-refractivity contribution in [2.24, 2.45) is 4.99 Å². The molecule has 0 aromatic carbocycles. The quantitative estimate of drug-likeness (QED) is 0.451. The molecule has 1 aliphatic heterocycles. The van der Waals surface area contributed by atoms with Crippen molar-refractivity contribution < 1.29 is 4.39 Å². The minimum Gasteiger partial charge on any atom is -0.338 e. The highest BCUT2D eigenvalue weighted by molar-refractivity contribution is 7.11. The molecule has 0 aliphatic carbocycles. The fourth-order valence-electron chi connectivity index (χ4n) is 3.54. The molecule has 0 spiro atoms. The van der Waals surface area contributed by atoms with Crippen molar-refractivity contribution in [3.63, 3.8) is 0 Å². The van der Waals surface area contributed by atoms with Crippen molar-refractivity contribution in [1.82, 2.24) is 35.1 Å². The van der Waals surface area contributed by atoms with E-state index >= 15 is 0 Å². The lowest BCUT2D eigenvalue weighted by molar-refractivity contribution is 0.657. The highest BCUT2D eigenvalue weighted by atomic mass is 32.1. The van der Waals surface area contributed by atoms with Gasteiger partial charge in [0.25, 0.3) is 0 Å². The number of H-pyrrole nitrogens is 2. The number of thiophene rings is 1. The second-order valence-electron chi connectivity index (χ2n) is 6.86. The number of imidazole rings is 1. The number of fused-ring (bicyclic) bond motifs is 2. The van der Waals surface area contributed by atoms with Crippen LogP contribution in [0.2, 0.25) is 0 Å². The number of nitrogens with one attached hydrogen (secondary N) is 2. The van der Waals surface area contributed by atoms with E-state index in [-0.39, 0.29) is 5.13 Å². The molecule has 5 aromatic rings. The van der Waals surface area contributed by atoms with Gasteiger partial charge in [-0.15, -0.1) is 11.3 Å². The number of rotatable bonds is 3. The molecule has 0 saturated heterocycles. The average Bonchev–Trinajstić information content (AvgIpc) is 3.50. The minimum absolute atomic E-state index is 0.239. The van der Waals surface area contributed by atoms with Crippen LogP contribution in [0.4, 0.5) is 4.39 Å². The van der Waals surface area contributed by atoms with E-state index in [9.17, 15) is 4.39 Å². The summed E-state index contributed by atoms with van der Waals surface area (Å²) in [4.78, 5) is 26.2. The van der Waals surface area contributed by atoms with Gasteiger partial charge in [0.15, 0.2) is 11.0 Å². The van der Waals surface area contributed by atoms with Crippen LogP contribution in [-0.2, 0) is 6.54 Å². The van der Waals surface area contributed by atoms with Crippen LogP contribution in [0, 0.1) is 5.13 Å². The fraction of sp³-hybridized carbons (Fsp3) is 0.0476. The number of halogens is 1. The molecular weight excluding hydrogens is 415 g/mol. The molecular formula is C21H13FN8S. The molecule has 0 radical (unpaired) electrons. The van der Waals surface area contributed by atoms with Gasteiger partial charge in [0.1, 0.15) is 11.4 Å². The first-order chi connectivity index (χ1) is 15.3. The van der Waals surface area contributed by atoms with Crippen molar-refractivity contribution >= 4 is 34.0 Å². The Morgan fingerprint density at radius 3 is 2.84 bits per heavy atom. The van der Waals surface area contributed by atoms with E-state index in [2.05, 4.69) is 35.1 Å². The van der Waals surface area contributed by atoms with Crippen molar-refractivity contribution in [2.75, 3.05) is 0 Å². The minimum atomic E-state index is -0.239. The zero-order chi connectivity index (χ0) is 20.8. The predicted molar refractivity (Wildman–Crippen MR) is 116 cm³/mol. The summed E-state index contributed by atoms with van der Waals surface area (Å²) in [6, 6.07) is 5.12. The third-order valence-corrected chi connectivity index (χ3v) is 5.87. The predicted octanol–water partition coefficient (Wildman–Crippen LogP) is 4.02. The lowest BCUT2D eigenvalue weighted by atomic mass is 10.1. The van der Waals surface area contributed by atoms with Gasteiger partial charge in [0.2, 0.25) is 0 Å². The van der Waals surface area contributed by atoms with Crippen LogP contribution in [0.1, 0.15) is 16.3 Å². The van der Waals surface area contributed by atoms with Gasteiger partial charge in [-0.1, -0.05) is 0 Å². The molecule has 5 aromatic heterocycles. The fourth-order valence-corrected chi connectivity index (χ4v) is 4.29. The van der Waals surface area contributed by atoms with Crippen LogP contribution in [0.15, 0.2) is 54.1 Å². The molecule has 31 heavy (non-hydrogen) atoms. The summed E-state index contributed by atoms with van der Waals surface area (Å²) in [6.45, 7) is 0.449. The van der Waals surface area contributed by atoms with Gasteiger partial charge in [0, 0.05) is 34.4 Å². The molecule has 2 N–H and O–H groups in total. The summed E-state index contributed by atoms with van der Waals surface area (Å²) in [6.07, 6.45) is 10.2. The normalized spacial score (nSPS) is 13.3. The molecule has 6 heterocycles. The average molecular weight is 428 g/mol. The summed E-state index contributed by atoms with van der Waals surface area (Å²) in [5, 5.41) is 8.08. The van der Waals surface area contributed by atoms with Gasteiger partial charge < -0.3 is 4.98 Å². The Hall–Kier alpha value is -4.05. The van der Waals surface area contributed by atoms with Crippen LogP contribution in [-0.4, -0.2) is 41.3 Å². The van der Waals surface area contributed by atoms with Crippen LogP contribution < -0.4 is 0 Å². The van der Waals surface area contributed by atoms with Crippen molar-refractivity contribution in [3.05, 3.63) is 70.5 Å². The van der Waals surface area contributed by atoms with Crippen LogP contribution >= 0.6 is 11.3 Å². The van der Waals surface area contributed by atoms with E-state index in [0.717, 1.165) is 44.1 Å². The summed E-state index contributed by atoms with van der Waals surface area (Å²) in [7, 11) is 0. The molecule has 0 bridgehead atoms.